The lowest BCUT2D eigenvalue weighted by atomic mass is 10.0. The largest absolute Gasteiger partial charge is 0.389 e. The standard InChI is InChI=1S/C16H27NO/c1-5-14(6-2)12-17(7-3)16-11-9-8-10-15(16)13(4)18/h8-11,13-14,18H,5-7,12H2,1-4H3/t13-/m1/s1. The van der Waals surface area contributed by atoms with Crippen molar-refractivity contribution in [1.82, 2.24) is 0 Å². The molecule has 0 saturated carbocycles. The van der Waals surface area contributed by atoms with Gasteiger partial charge in [0, 0.05) is 24.3 Å². The SMILES string of the molecule is CCC(CC)CN(CC)c1ccccc1[C@@H](C)O. The molecule has 1 N–H and O–H groups in total. The van der Waals surface area contributed by atoms with Crippen LogP contribution in [0.15, 0.2) is 24.3 Å². The van der Waals surface area contributed by atoms with Crippen LogP contribution < -0.4 is 4.90 Å². The fraction of sp³-hybridized carbons (Fsp3) is 0.625. The van der Waals surface area contributed by atoms with E-state index in [4.69, 9.17) is 0 Å². The van der Waals surface area contributed by atoms with Gasteiger partial charge in [0.15, 0.2) is 0 Å². The van der Waals surface area contributed by atoms with E-state index in [1.165, 1.54) is 18.5 Å². The molecule has 1 atom stereocenters. The van der Waals surface area contributed by atoms with Gasteiger partial charge < -0.3 is 10.0 Å². The Morgan fingerprint density at radius 1 is 1.11 bits per heavy atom. The maximum absolute atomic E-state index is 9.87. The quantitative estimate of drug-likeness (QED) is 0.789. The Bertz CT molecular complexity index is 345. The molecule has 0 aromatic heterocycles. The van der Waals surface area contributed by atoms with Gasteiger partial charge in [0.2, 0.25) is 0 Å². The molecule has 1 aromatic carbocycles. The molecule has 0 radical (unpaired) electrons. The van der Waals surface area contributed by atoms with Crippen LogP contribution in [0.25, 0.3) is 0 Å². The zero-order valence-corrected chi connectivity index (χ0v) is 12.2. The van der Waals surface area contributed by atoms with Crippen molar-refractivity contribution in [3.8, 4) is 0 Å². The van der Waals surface area contributed by atoms with Gasteiger partial charge in [-0.25, -0.2) is 0 Å². The second-order valence-corrected chi connectivity index (χ2v) is 4.96. The fourth-order valence-electron chi connectivity index (χ4n) is 2.39. The fourth-order valence-corrected chi connectivity index (χ4v) is 2.39. The van der Waals surface area contributed by atoms with Gasteiger partial charge in [0.25, 0.3) is 0 Å². The van der Waals surface area contributed by atoms with Crippen molar-refractivity contribution in [1.29, 1.82) is 0 Å². The molecule has 0 aliphatic carbocycles. The van der Waals surface area contributed by atoms with Crippen LogP contribution in [0.3, 0.4) is 0 Å². The lowest BCUT2D eigenvalue weighted by Crippen LogP contribution is -2.30. The Morgan fingerprint density at radius 3 is 2.22 bits per heavy atom. The average molecular weight is 249 g/mol. The van der Waals surface area contributed by atoms with E-state index in [0.717, 1.165) is 24.6 Å². The maximum atomic E-state index is 9.87. The molecule has 0 aliphatic rings. The molecule has 2 nitrogen and oxygen atoms in total. The van der Waals surface area contributed by atoms with Crippen molar-refractivity contribution >= 4 is 5.69 Å². The summed E-state index contributed by atoms with van der Waals surface area (Å²) in [7, 11) is 0. The van der Waals surface area contributed by atoms with Crippen molar-refractivity contribution < 1.29 is 5.11 Å². The lowest BCUT2D eigenvalue weighted by molar-refractivity contribution is 0.199. The molecule has 0 heterocycles. The van der Waals surface area contributed by atoms with Crippen molar-refractivity contribution in [3.05, 3.63) is 29.8 Å². The van der Waals surface area contributed by atoms with E-state index >= 15 is 0 Å². The minimum Gasteiger partial charge on any atom is -0.389 e. The zero-order valence-electron chi connectivity index (χ0n) is 12.2. The topological polar surface area (TPSA) is 23.5 Å². The number of rotatable bonds is 7. The molecule has 0 amide bonds. The minimum absolute atomic E-state index is 0.406. The third-order valence-corrected chi connectivity index (χ3v) is 3.74. The van der Waals surface area contributed by atoms with E-state index < -0.39 is 6.10 Å². The summed E-state index contributed by atoms with van der Waals surface area (Å²) >= 11 is 0. The minimum atomic E-state index is -0.406. The van der Waals surface area contributed by atoms with E-state index in [0.29, 0.717) is 0 Å². The first-order valence-electron chi connectivity index (χ1n) is 7.15. The summed E-state index contributed by atoms with van der Waals surface area (Å²) in [6.45, 7) is 10.6. The van der Waals surface area contributed by atoms with Crippen LogP contribution >= 0.6 is 0 Å². The van der Waals surface area contributed by atoms with Crippen LogP contribution in [0.5, 0.6) is 0 Å². The summed E-state index contributed by atoms with van der Waals surface area (Å²) < 4.78 is 0. The molecule has 18 heavy (non-hydrogen) atoms. The summed E-state index contributed by atoms with van der Waals surface area (Å²) in [5.41, 5.74) is 2.22. The number of benzene rings is 1. The summed E-state index contributed by atoms with van der Waals surface area (Å²) in [5, 5.41) is 9.87. The maximum Gasteiger partial charge on any atom is 0.0781 e. The molecular formula is C16H27NO. The number of aliphatic hydroxyl groups is 1. The predicted octanol–water partition coefficient (Wildman–Crippen LogP) is 4.00. The van der Waals surface area contributed by atoms with Gasteiger partial charge in [-0.2, -0.15) is 0 Å². The van der Waals surface area contributed by atoms with Gasteiger partial charge in [0.1, 0.15) is 0 Å². The molecule has 1 rings (SSSR count). The van der Waals surface area contributed by atoms with Crippen molar-refractivity contribution in [2.45, 2.75) is 46.6 Å². The Hall–Kier alpha value is -1.02. The summed E-state index contributed by atoms with van der Waals surface area (Å²) in [4.78, 5) is 2.39. The molecule has 0 saturated heterocycles. The summed E-state index contributed by atoms with van der Waals surface area (Å²) in [5.74, 6) is 0.729. The van der Waals surface area contributed by atoms with Crippen LogP contribution in [0.2, 0.25) is 0 Å². The second kappa shape index (κ2) is 7.42. The zero-order chi connectivity index (χ0) is 13.5. The number of hydrogen-bond donors (Lipinski definition) is 1. The van der Waals surface area contributed by atoms with E-state index in [1.807, 2.05) is 19.1 Å². The highest BCUT2D eigenvalue weighted by Gasteiger charge is 2.15. The highest BCUT2D eigenvalue weighted by atomic mass is 16.3. The smallest absolute Gasteiger partial charge is 0.0781 e. The summed E-state index contributed by atoms with van der Waals surface area (Å²) in [6, 6.07) is 8.19. The Kier molecular flexibility index (Phi) is 6.20. The van der Waals surface area contributed by atoms with E-state index in [-0.39, 0.29) is 0 Å². The molecular weight excluding hydrogens is 222 g/mol. The van der Waals surface area contributed by atoms with E-state index in [9.17, 15) is 5.11 Å². The average Bonchev–Trinajstić information content (AvgIpc) is 2.40. The Labute approximate surface area is 112 Å². The third-order valence-electron chi connectivity index (χ3n) is 3.74. The van der Waals surface area contributed by atoms with Crippen LogP contribution in [0.1, 0.15) is 52.2 Å². The van der Waals surface area contributed by atoms with Crippen LogP contribution in [-0.2, 0) is 0 Å². The lowest BCUT2D eigenvalue weighted by Gasteiger charge is -2.30. The second-order valence-electron chi connectivity index (χ2n) is 4.96. The monoisotopic (exact) mass is 249 g/mol. The molecule has 0 unspecified atom stereocenters. The number of para-hydroxylation sites is 1. The first-order chi connectivity index (χ1) is 8.63. The third kappa shape index (κ3) is 3.74. The van der Waals surface area contributed by atoms with Gasteiger partial charge in [-0.1, -0.05) is 44.9 Å². The van der Waals surface area contributed by atoms with Crippen molar-refractivity contribution in [3.63, 3.8) is 0 Å². The number of aliphatic hydroxyl groups excluding tert-OH is 1. The molecule has 0 fully saturated rings. The van der Waals surface area contributed by atoms with Gasteiger partial charge in [-0.15, -0.1) is 0 Å². The highest BCUT2D eigenvalue weighted by molar-refractivity contribution is 5.54. The number of nitrogens with zero attached hydrogens (tertiary/aromatic N) is 1. The Morgan fingerprint density at radius 2 is 1.72 bits per heavy atom. The number of anilines is 1. The van der Waals surface area contributed by atoms with E-state index in [1.54, 1.807) is 0 Å². The van der Waals surface area contributed by atoms with Crippen molar-refractivity contribution in [2.75, 3.05) is 18.0 Å². The van der Waals surface area contributed by atoms with E-state index in [2.05, 4.69) is 37.8 Å². The molecule has 102 valence electrons. The predicted molar refractivity (Wildman–Crippen MR) is 79.0 cm³/mol. The van der Waals surface area contributed by atoms with Crippen molar-refractivity contribution in [2.24, 2.45) is 5.92 Å². The van der Waals surface area contributed by atoms with Gasteiger partial charge in [0.05, 0.1) is 6.10 Å². The number of hydrogen-bond acceptors (Lipinski definition) is 2. The molecule has 0 bridgehead atoms. The van der Waals surface area contributed by atoms with Crippen LogP contribution in [0, 0.1) is 5.92 Å². The van der Waals surface area contributed by atoms with Gasteiger partial charge >= 0.3 is 0 Å². The normalized spacial score (nSPS) is 12.8. The molecule has 1 aromatic rings. The Balaban J connectivity index is 2.94. The van der Waals surface area contributed by atoms with Crippen LogP contribution in [0.4, 0.5) is 5.69 Å². The van der Waals surface area contributed by atoms with Gasteiger partial charge in [-0.3, -0.25) is 0 Å². The molecule has 2 heteroatoms. The first kappa shape index (κ1) is 15.0. The highest BCUT2D eigenvalue weighted by Crippen LogP contribution is 2.27. The van der Waals surface area contributed by atoms with Gasteiger partial charge in [-0.05, 0) is 25.8 Å². The molecule has 0 aliphatic heterocycles. The first-order valence-corrected chi connectivity index (χ1v) is 7.15. The summed E-state index contributed by atoms with van der Waals surface area (Å²) in [6.07, 6.45) is 2.02. The molecule has 0 spiro atoms. The van der Waals surface area contributed by atoms with Crippen LogP contribution in [-0.4, -0.2) is 18.2 Å².